The predicted octanol–water partition coefficient (Wildman–Crippen LogP) is 4.25. The Morgan fingerprint density at radius 2 is 1.81 bits per heavy atom. The third-order valence-electron chi connectivity index (χ3n) is 5.58. The molecule has 1 atom stereocenters. The van der Waals surface area contributed by atoms with Gasteiger partial charge in [-0.1, -0.05) is 47.2 Å². The van der Waals surface area contributed by atoms with Gasteiger partial charge in [0.2, 0.25) is 0 Å². The summed E-state index contributed by atoms with van der Waals surface area (Å²) in [6, 6.07) is 12.0. The highest BCUT2D eigenvalue weighted by molar-refractivity contribution is 7.07. The van der Waals surface area contributed by atoms with Crippen LogP contribution in [0.4, 0.5) is 0 Å². The number of benzene rings is 2. The van der Waals surface area contributed by atoms with E-state index in [0.717, 1.165) is 5.56 Å². The summed E-state index contributed by atoms with van der Waals surface area (Å²) >= 11 is 7.80. The van der Waals surface area contributed by atoms with Crippen molar-refractivity contribution in [3.05, 3.63) is 89.6 Å². The first-order chi connectivity index (χ1) is 17.4. The first-order valence-electron chi connectivity index (χ1n) is 11.7. The topological polar surface area (TPSA) is 79.1 Å². The van der Waals surface area contributed by atoms with E-state index >= 15 is 0 Å². The van der Waals surface area contributed by atoms with Gasteiger partial charge in [-0.3, -0.25) is 9.36 Å². The Morgan fingerprint density at radius 1 is 1.08 bits per heavy atom. The van der Waals surface area contributed by atoms with Crippen molar-refractivity contribution >= 4 is 35.0 Å². The van der Waals surface area contributed by atoms with Crippen molar-refractivity contribution in [3.8, 4) is 11.5 Å². The fourth-order valence-corrected chi connectivity index (χ4v) is 5.38. The number of carbonyl (C=O) groups excluding carboxylic acids is 1. The summed E-state index contributed by atoms with van der Waals surface area (Å²) in [5, 5.41) is 0.446. The third-order valence-corrected chi connectivity index (χ3v) is 6.91. The molecule has 0 spiro atoms. The molecule has 188 valence electrons. The number of carbonyl (C=O) groups is 1. The molecular formula is C27H27ClN2O5S. The molecule has 7 nitrogen and oxygen atoms in total. The molecular weight excluding hydrogens is 500 g/mol. The van der Waals surface area contributed by atoms with E-state index in [9.17, 15) is 9.59 Å². The van der Waals surface area contributed by atoms with Crippen molar-refractivity contribution in [2.24, 2.45) is 4.99 Å². The summed E-state index contributed by atoms with van der Waals surface area (Å²) in [5.41, 5.74) is 1.92. The van der Waals surface area contributed by atoms with Crippen LogP contribution in [0.2, 0.25) is 5.02 Å². The summed E-state index contributed by atoms with van der Waals surface area (Å²) in [6.45, 7) is 8.50. The van der Waals surface area contributed by atoms with Crippen molar-refractivity contribution in [2.75, 3.05) is 19.8 Å². The zero-order valence-corrected chi connectivity index (χ0v) is 22.1. The van der Waals surface area contributed by atoms with E-state index in [1.165, 1.54) is 15.9 Å². The Balaban J connectivity index is 1.91. The number of ether oxygens (including phenoxy) is 3. The molecule has 1 aliphatic rings. The molecule has 36 heavy (non-hydrogen) atoms. The van der Waals surface area contributed by atoms with Crippen LogP contribution in [0.25, 0.3) is 6.08 Å². The lowest BCUT2D eigenvalue weighted by Gasteiger charge is -2.25. The average Bonchev–Trinajstić information content (AvgIpc) is 3.15. The highest BCUT2D eigenvalue weighted by atomic mass is 35.5. The quantitative estimate of drug-likeness (QED) is 0.410. The molecule has 2 aromatic carbocycles. The van der Waals surface area contributed by atoms with Crippen LogP contribution in [0.5, 0.6) is 11.5 Å². The smallest absolute Gasteiger partial charge is 0.338 e. The maximum atomic E-state index is 13.7. The van der Waals surface area contributed by atoms with E-state index in [4.69, 9.17) is 25.8 Å². The van der Waals surface area contributed by atoms with Gasteiger partial charge >= 0.3 is 5.97 Å². The van der Waals surface area contributed by atoms with Crippen LogP contribution in [0, 0.1) is 0 Å². The predicted molar refractivity (Wildman–Crippen MR) is 141 cm³/mol. The van der Waals surface area contributed by atoms with Crippen LogP contribution in [0.3, 0.4) is 0 Å². The number of nitrogens with zero attached hydrogens (tertiary/aromatic N) is 2. The van der Waals surface area contributed by atoms with Gasteiger partial charge in [-0.15, -0.1) is 0 Å². The molecule has 0 amide bonds. The lowest BCUT2D eigenvalue weighted by Crippen LogP contribution is -2.40. The number of hydrogen-bond donors (Lipinski definition) is 0. The Kier molecular flexibility index (Phi) is 7.96. The SMILES string of the molecule is CCOC(=O)C1=C(C)N=c2s/c(=C\c3ccc(OCC)c(OCC)c3)c(=O)n2[C@@H]1c1ccccc1Cl. The van der Waals surface area contributed by atoms with E-state index in [1.54, 1.807) is 32.1 Å². The fraction of sp³-hybridized carbons (Fsp3) is 0.296. The second kappa shape index (κ2) is 11.1. The highest BCUT2D eigenvalue weighted by Crippen LogP contribution is 2.34. The molecule has 1 aliphatic heterocycles. The van der Waals surface area contributed by atoms with Gasteiger partial charge in [0.15, 0.2) is 16.3 Å². The number of hydrogen-bond acceptors (Lipinski definition) is 7. The summed E-state index contributed by atoms with van der Waals surface area (Å²) in [6.07, 6.45) is 1.79. The second-order valence-corrected chi connectivity index (χ2v) is 9.31. The standard InChI is InChI=1S/C27H27ClN2O5S/c1-5-33-20-13-12-17(14-21(20)34-6-2)15-22-25(31)30-24(18-10-8-9-11-19(18)28)23(26(32)35-7-3)16(4)29-27(30)36-22/h8-15,24H,5-7H2,1-4H3/b22-15-/t24-/m1/s1. The maximum absolute atomic E-state index is 13.7. The molecule has 9 heteroatoms. The Labute approximate surface area is 217 Å². The van der Waals surface area contributed by atoms with Gasteiger partial charge in [0, 0.05) is 5.02 Å². The first-order valence-corrected chi connectivity index (χ1v) is 12.9. The van der Waals surface area contributed by atoms with Gasteiger partial charge in [-0.05, 0) is 63.1 Å². The van der Waals surface area contributed by atoms with E-state index in [1.807, 2.05) is 44.2 Å². The molecule has 4 rings (SSSR count). The Bertz CT molecular complexity index is 1510. The average molecular weight is 527 g/mol. The van der Waals surface area contributed by atoms with Gasteiger partial charge in [0.05, 0.1) is 35.6 Å². The van der Waals surface area contributed by atoms with Crippen molar-refractivity contribution in [2.45, 2.75) is 33.7 Å². The largest absolute Gasteiger partial charge is 0.490 e. The monoisotopic (exact) mass is 526 g/mol. The van der Waals surface area contributed by atoms with E-state index < -0.39 is 12.0 Å². The molecule has 2 heterocycles. The van der Waals surface area contributed by atoms with Crippen LogP contribution in [-0.4, -0.2) is 30.4 Å². The van der Waals surface area contributed by atoms with Gasteiger partial charge in [-0.25, -0.2) is 9.79 Å². The van der Waals surface area contributed by atoms with Gasteiger partial charge < -0.3 is 14.2 Å². The lowest BCUT2D eigenvalue weighted by atomic mass is 9.96. The van der Waals surface area contributed by atoms with E-state index in [0.29, 0.717) is 55.9 Å². The minimum absolute atomic E-state index is 0.204. The molecule has 0 fully saturated rings. The molecule has 0 saturated heterocycles. The van der Waals surface area contributed by atoms with E-state index in [2.05, 4.69) is 4.99 Å². The van der Waals surface area contributed by atoms with E-state index in [-0.39, 0.29) is 12.2 Å². The van der Waals surface area contributed by atoms with Gasteiger partial charge in [0.1, 0.15) is 6.04 Å². The lowest BCUT2D eigenvalue weighted by molar-refractivity contribution is -0.139. The van der Waals surface area contributed by atoms with Crippen molar-refractivity contribution in [1.29, 1.82) is 0 Å². The molecule has 0 bridgehead atoms. The number of thiazole rings is 1. The summed E-state index contributed by atoms with van der Waals surface area (Å²) < 4.78 is 18.7. The van der Waals surface area contributed by atoms with Crippen LogP contribution < -0.4 is 24.4 Å². The molecule has 0 N–H and O–H groups in total. The van der Waals surface area contributed by atoms with Crippen molar-refractivity contribution < 1.29 is 19.0 Å². The number of fused-ring (bicyclic) bond motifs is 1. The number of halogens is 1. The summed E-state index contributed by atoms with van der Waals surface area (Å²) in [5.74, 6) is 0.729. The molecule has 0 aliphatic carbocycles. The number of rotatable bonds is 8. The molecule has 1 aromatic heterocycles. The first kappa shape index (κ1) is 25.7. The Morgan fingerprint density at radius 3 is 2.50 bits per heavy atom. The van der Waals surface area contributed by atoms with Crippen LogP contribution >= 0.6 is 22.9 Å². The van der Waals surface area contributed by atoms with Gasteiger partial charge in [-0.2, -0.15) is 0 Å². The number of aromatic nitrogens is 1. The fourth-order valence-electron chi connectivity index (χ4n) is 4.09. The maximum Gasteiger partial charge on any atom is 0.338 e. The molecule has 0 unspecified atom stereocenters. The normalized spacial score (nSPS) is 15.4. The number of esters is 1. The second-order valence-electron chi connectivity index (χ2n) is 7.90. The molecule has 3 aromatic rings. The minimum Gasteiger partial charge on any atom is -0.490 e. The van der Waals surface area contributed by atoms with Crippen molar-refractivity contribution in [3.63, 3.8) is 0 Å². The van der Waals surface area contributed by atoms with Crippen LogP contribution in [-0.2, 0) is 9.53 Å². The minimum atomic E-state index is -0.754. The highest BCUT2D eigenvalue weighted by Gasteiger charge is 2.34. The molecule has 0 radical (unpaired) electrons. The van der Waals surface area contributed by atoms with Crippen molar-refractivity contribution in [1.82, 2.24) is 4.57 Å². The summed E-state index contributed by atoms with van der Waals surface area (Å²) in [7, 11) is 0. The van der Waals surface area contributed by atoms with Crippen LogP contribution in [0.1, 0.15) is 44.9 Å². The third kappa shape index (κ3) is 4.96. The summed E-state index contributed by atoms with van der Waals surface area (Å²) in [4.78, 5) is 31.8. The zero-order chi connectivity index (χ0) is 25.8. The van der Waals surface area contributed by atoms with Crippen LogP contribution in [0.15, 0.2) is 63.5 Å². The van der Waals surface area contributed by atoms with Gasteiger partial charge in [0.25, 0.3) is 5.56 Å². The zero-order valence-electron chi connectivity index (χ0n) is 20.5. The Hall–Kier alpha value is -3.36. The molecule has 0 saturated carbocycles. The number of allylic oxidation sites excluding steroid dienone is 1.